The Kier molecular flexibility index (Phi) is 6.82. The normalized spacial score (nSPS) is 15.0. The number of amides is 2. The molecule has 0 radical (unpaired) electrons. The number of nitrogens with zero attached hydrogens (tertiary/aromatic N) is 1. The number of hydrogen-bond donors (Lipinski definition) is 0. The van der Waals surface area contributed by atoms with Crippen LogP contribution in [0.1, 0.15) is 27.8 Å². The predicted octanol–water partition coefficient (Wildman–Crippen LogP) is 6.88. The first kappa shape index (κ1) is 22.4. The van der Waals surface area contributed by atoms with Crippen molar-refractivity contribution in [2.24, 2.45) is 0 Å². The van der Waals surface area contributed by atoms with Crippen LogP contribution in [-0.4, -0.2) is 16.0 Å². The zero-order valence-electron chi connectivity index (χ0n) is 17.8. The number of aryl methyl sites for hydroxylation is 2. The Morgan fingerprint density at radius 1 is 0.906 bits per heavy atom. The molecule has 4 nitrogen and oxygen atoms in total. The van der Waals surface area contributed by atoms with Gasteiger partial charge in [-0.25, -0.2) is 0 Å². The lowest BCUT2D eigenvalue weighted by atomic mass is 10.1. The second-order valence-corrected chi connectivity index (χ2v) is 9.57. The summed E-state index contributed by atoms with van der Waals surface area (Å²) in [5.41, 5.74) is 5.19. The SMILES string of the molecule is Cc1ccc(COc2ccc(/C=C3\SC(=O)N(Cc4ccc(C)cc4)C3=O)cc2Br)cc1. The Morgan fingerprint density at radius 3 is 2.16 bits per heavy atom. The first-order valence-corrected chi connectivity index (χ1v) is 11.8. The Bertz CT molecular complexity index is 1190. The van der Waals surface area contributed by atoms with Gasteiger partial charge in [0.2, 0.25) is 0 Å². The lowest BCUT2D eigenvalue weighted by molar-refractivity contribution is -0.123. The molecule has 6 heteroatoms. The molecule has 1 aliphatic heterocycles. The first-order valence-electron chi connectivity index (χ1n) is 10.2. The summed E-state index contributed by atoms with van der Waals surface area (Å²) >= 11 is 4.52. The van der Waals surface area contributed by atoms with E-state index >= 15 is 0 Å². The molecule has 1 heterocycles. The van der Waals surface area contributed by atoms with E-state index in [1.807, 2.05) is 61.5 Å². The van der Waals surface area contributed by atoms with E-state index in [2.05, 4.69) is 35.0 Å². The second kappa shape index (κ2) is 9.76. The number of thioether (sulfide) groups is 1. The van der Waals surface area contributed by atoms with Crippen LogP contribution in [-0.2, 0) is 17.9 Å². The molecule has 0 atom stereocenters. The van der Waals surface area contributed by atoms with E-state index in [1.165, 1.54) is 10.5 Å². The van der Waals surface area contributed by atoms with Gasteiger partial charge in [0, 0.05) is 0 Å². The molecular weight excluding hydrogens is 486 g/mol. The van der Waals surface area contributed by atoms with E-state index in [0.29, 0.717) is 11.5 Å². The fourth-order valence-electron chi connectivity index (χ4n) is 3.23. The van der Waals surface area contributed by atoms with Gasteiger partial charge in [0.15, 0.2) is 0 Å². The van der Waals surface area contributed by atoms with Crippen LogP contribution in [0, 0.1) is 13.8 Å². The maximum atomic E-state index is 12.8. The highest BCUT2D eigenvalue weighted by atomic mass is 79.9. The van der Waals surface area contributed by atoms with Crippen LogP contribution in [0.15, 0.2) is 76.1 Å². The standard InChI is InChI=1S/C26H22BrNO3S/c1-17-3-7-19(8-4-17)15-28-25(29)24(32-26(28)30)14-21-11-12-23(22(27)13-21)31-16-20-9-5-18(2)6-10-20/h3-14H,15-16H2,1-2H3/b24-14-. The average molecular weight is 508 g/mol. The van der Waals surface area contributed by atoms with E-state index in [1.54, 1.807) is 6.08 Å². The smallest absolute Gasteiger partial charge is 0.293 e. The molecule has 1 saturated heterocycles. The maximum absolute atomic E-state index is 12.8. The average Bonchev–Trinajstić information content (AvgIpc) is 3.03. The molecule has 0 aliphatic carbocycles. The van der Waals surface area contributed by atoms with Crippen LogP contribution in [0.4, 0.5) is 4.79 Å². The minimum absolute atomic E-state index is 0.251. The van der Waals surface area contributed by atoms with Crippen LogP contribution >= 0.6 is 27.7 Å². The molecule has 32 heavy (non-hydrogen) atoms. The summed E-state index contributed by atoms with van der Waals surface area (Å²) < 4.78 is 6.70. The van der Waals surface area contributed by atoms with Crippen LogP contribution in [0.5, 0.6) is 5.75 Å². The van der Waals surface area contributed by atoms with Gasteiger partial charge in [-0.1, -0.05) is 65.7 Å². The summed E-state index contributed by atoms with van der Waals surface area (Å²) in [6.45, 7) is 4.80. The molecule has 0 N–H and O–H groups in total. The highest BCUT2D eigenvalue weighted by Crippen LogP contribution is 2.35. The van der Waals surface area contributed by atoms with E-state index in [0.717, 1.165) is 44.2 Å². The van der Waals surface area contributed by atoms with Crippen molar-refractivity contribution in [2.45, 2.75) is 27.0 Å². The highest BCUT2D eigenvalue weighted by Gasteiger charge is 2.34. The van der Waals surface area contributed by atoms with E-state index in [9.17, 15) is 9.59 Å². The summed E-state index contributed by atoms with van der Waals surface area (Å²) in [7, 11) is 0. The monoisotopic (exact) mass is 507 g/mol. The fraction of sp³-hybridized carbons (Fsp3) is 0.154. The minimum Gasteiger partial charge on any atom is -0.488 e. The van der Waals surface area contributed by atoms with Crippen LogP contribution in [0.2, 0.25) is 0 Å². The van der Waals surface area contributed by atoms with Gasteiger partial charge in [-0.2, -0.15) is 0 Å². The van der Waals surface area contributed by atoms with E-state index < -0.39 is 0 Å². The van der Waals surface area contributed by atoms with Gasteiger partial charge in [-0.05, 0) is 76.4 Å². The summed E-state index contributed by atoms with van der Waals surface area (Å²) in [4.78, 5) is 26.9. The third-order valence-corrected chi connectivity index (χ3v) is 6.63. The number of hydrogen-bond acceptors (Lipinski definition) is 4. The van der Waals surface area contributed by atoms with Crippen LogP contribution < -0.4 is 4.74 Å². The summed E-state index contributed by atoms with van der Waals surface area (Å²) in [6.07, 6.45) is 1.74. The van der Waals surface area contributed by atoms with Gasteiger partial charge in [0.1, 0.15) is 12.4 Å². The molecule has 0 unspecified atom stereocenters. The molecule has 4 rings (SSSR count). The minimum atomic E-state index is -0.267. The fourth-order valence-corrected chi connectivity index (χ4v) is 4.58. The Labute approximate surface area is 200 Å². The van der Waals surface area contributed by atoms with Crippen molar-refractivity contribution in [2.75, 3.05) is 0 Å². The number of benzene rings is 3. The lowest BCUT2D eigenvalue weighted by Crippen LogP contribution is -2.27. The molecule has 0 aromatic heterocycles. The molecular formula is C26H22BrNO3S. The van der Waals surface area contributed by atoms with Crippen molar-refractivity contribution in [3.63, 3.8) is 0 Å². The van der Waals surface area contributed by atoms with Crippen molar-refractivity contribution in [1.29, 1.82) is 0 Å². The molecule has 0 saturated carbocycles. The molecule has 2 amide bonds. The Balaban J connectivity index is 1.44. The predicted molar refractivity (Wildman–Crippen MR) is 132 cm³/mol. The van der Waals surface area contributed by atoms with Crippen molar-refractivity contribution in [1.82, 2.24) is 4.90 Å². The summed E-state index contributed by atoms with van der Waals surface area (Å²) in [5, 5.41) is -0.251. The number of carbonyl (C=O) groups is 2. The number of carbonyl (C=O) groups excluding carboxylic acids is 2. The van der Waals surface area contributed by atoms with Gasteiger partial charge in [0.25, 0.3) is 11.1 Å². The van der Waals surface area contributed by atoms with Gasteiger partial charge in [-0.3, -0.25) is 14.5 Å². The molecule has 3 aromatic rings. The van der Waals surface area contributed by atoms with Crippen molar-refractivity contribution in [3.05, 3.63) is 104 Å². The van der Waals surface area contributed by atoms with Gasteiger partial charge in [-0.15, -0.1) is 0 Å². The van der Waals surface area contributed by atoms with Crippen LogP contribution in [0.25, 0.3) is 6.08 Å². The second-order valence-electron chi connectivity index (χ2n) is 7.72. The quantitative estimate of drug-likeness (QED) is 0.341. The number of rotatable bonds is 6. The largest absolute Gasteiger partial charge is 0.488 e. The maximum Gasteiger partial charge on any atom is 0.293 e. The molecule has 0 spiro atoms. The van der Waals surface area contributed by atoms with Crippen molar-refractivity contribution >= 4 is 44.9 Å². The molecule has 3 aromatic carbocycles. The third kappa shape index (κ3) is 5.31. The van der Waals surface area contributed by atoms with Crippen LogP contribution in [0.3, 0.4) is 0 Å². The molecule has 0 bridgehead atoms. The summed E-state index contributed by atoms with van der Waals surface area (Å²) in [5.74, 6) is 0.451. The first-order chi connectivity index (χ1) is 15.4. The zero-order chi connectivity index (χ0) is 22.7. The molecule has 1 fully saturated rings. The Hall–Kier alpha value is -2.83. The van der Waals surface area contributed by atoms with Crippen molar-refractivity contribution in [3.8, 4) is 5.75 Å². The summed E-state index contributed by atoms with van der Waals surface area (Å²) in [6, 6.07) is 21.7. The van der Waals surface area contributed by atoms with Gasteiger partial charge >= 0.3 is 0 Å². The van der Waals surface area contributed by atoms with E-state index in [4.69, 9.17) is 4.74 Å². The zero-order valence-corrected chi connectivity index (χ0v) is 20.2. The number of ether oxygens (including phenoxy) is 1. The lowest BCUT2D eigenvalue weighted by Gasteiger charge is -2.12. The molecule has 162 valence electrons. The van der Waals surface area contributed by atoms with Crippen molar-refractivity contribution < 1.29 is 14.3 Å². The van der Waals surface area contributed by atoms with Gasteiger partial charge < -0.3 is 4.74 Å². The molecule has 1 aliphatic rings. The topological polar surface area (TPSA) is 46.6 Å². The number of imide groups is 1. The number of halogens is 1. The van der Waals surface area contributed by atoms with Gasteiger partial charge in [0.05, 0.1) is 15.9 Å². The van der Waals surface area contributed by atoms with E-state index in [-0.39, 0.29) is 17.7 Å². The highest BCUT2D eigenvalue weighted by molar-refractivity contribution is 9.10. The Morgan fingerprint density at radius 2 is 1.53 bits per heavy atom. The third-order valence-electron chi connectivity index (χ3n) is 5.10.